The van der Waals surface area contributed by atoms with Gasteiger partial charge >= 0.3 is 5.97 Å². The standard InChI is InChI=1S/C14H18N2O3/c1-10(12(17)16-14(2,3)15)13(18)19-9-11-7-5-4-6-8-11/h4-8H,1,9,15H2,2-3H3,(H,16,17). The lowest BCUT2D eigenvalue weighted by molar-refractivity contribution is -0.142. The first-order chi connectivity index (χ1) is 8.79. The minimum atomic E-state index is -0.917. The molecular formula is C14H18N2O3. The van der Waals surface area contributed by atoms with Gasteiger partial charge in [0.25, 0.3) is 5.91 Å². The van der Waals surface area contributed by atoms with Gasteiger partial charge in [0.05, 0.1) is 5.66 Å². The topological polar surface area (TPSA) is 81.4 Å². The second-order valence-corrected chi connectivity index (χ2v) is 4.72. The Bertz CT molecular complexity index is 475. The van der Waals surface area contributed by atoms with Crippen molar-refractivity contribution >= 4 is 11.9 Å². The molecule has 0 unspecified atom stereocenters. The van der Waals surface area contributed by atoms with Crippen molar-refractivity contribution in [2.24, 2.45) is 5.73 Å². The van der Waals surface area contributed by atoms with Gasteiger partial charge in [-0.3, -0.25) is 4.79 Å². The second-order valence-electron chi connectivity index (χ2n) is 4.72. The maximum Gasteiger partial charge on any atom is 0.343 e. The summed E-state index contributed by atoms with van der Waals surface area (Å²) >= 11 is 0. The van der Waals surface area contributed by atoms with E-state index in [0.717, 1.165) is 5.56 Å². The smallest absolute Gasteiger partial charge is 0.343 e. The van der Waals surface area contributed by atoms with Crippen LogP contribution in [0.5, 0.6) is 0 Å². The lowest BCUT2D eigenvalue weighted by Crippen LogP contribution is -2.51. The monoisotopic (exact) mass is 262 g/mol. The average Bonchev–Trinajstić information content (AvgIpc) is 2.34. The van der Waals surface area contributed by atoms with Gasteiger partial charge in [-0.15, -0.1) is 0 Å². The van der Waals surface area contributed by atoms with Crippen molar-refractivity contribution in [1.82, 2.24) is 5.32 Å². The molecule has 1 amide bonds. The molecule has 0 fully saturated rings. The molecule has 102 valence electrons. The van der Waals surface area contributed by atoms with Gasteiger partial charge in [0.1, 0.15) is 12.2 Å². The van der Waals surface area contributed by atoms with E-state index in [1.807, 2.05) is 30.3 Å². The summed E-state index contributed by atoms with van der Waals surface area (Å²) in [6, 6.07) is 9.17. The summed E-state index contributed by atoms with van der Waals surface area (Å²) in [5.74, 6) is -1.39. The molecule has 0 radical (unpaired) electrons. The molecule has 0 aliphatic heterocycles. The summed E-state index contributed by atoms with van der Waals surface area (Å²) in [5, 5.41) is 2.44. The number of carbonyl (C=O) groups excluding carboxylic acids is 2. The zero-order valence-corrected chi connectivity index (χ0v) is 11.1. The molecule has 1 aromatic rings. The van der Waals surface area contributed by atoms with E-state index in [2.05, 4.69) is 11.9 Å². The Balaban J connectivity index is 2.50. The van der Waals surface area contributed by atoms with Crippen molar-refractivity contribution in [1.29, 1.82) is 0 Å². The second kappa shape index (κ2) is 6.15. The van der Waals surface area contributed by atoms with Crippen molar-refractivity contribution in [3.05, 3.63) is 48.0 Å². The molecular weight excluding hydrogens is 244 g/mol. The fourth-order valence-electron chi connectivity index (χ4n) is 1.27. The molecule has 19 heavy (non-hydrogen) atoms. The van der Waals surface area contributed by atoms with Crippen molar-refractivity contribution in [3.63, 3.8) is 0 Å². The number of benzene rings is 1. The number of nitrogens with one attached hydrogen (secondary N) is 1. The maximum atomic E-state index is 11.6. The van der Waals surface area contributed by atoms with Crippen LogP contribution in [-0.4, -0.2) is 17.5 Å². The van der Waals surface area contributed by atoms with Crippen LogP contribution in [0.2, 0.25) is 0 Å². The van der Waals surface area contributed by atoms with Gasteiger partial charge in [0.15, 0.2) is 0 Å². The largest absolute Gasteiger partial charge is 0.457 e. The Morgan fingerprint density at radius 3 is 2.42 bits per heavy atom. The van der Waals surface area contributed by atoms with Crippen LogP contribution in [0.3, 0.4) is 0 Å². The molecule has 1 rings (SSSR count). The molecule has 0 aromatic heterocycles. The molecule has 5 heteroatoms. The lowest BCUT2D eigenvalue weighted by atomic mass is 10.2. The minimum Gasteiger partial charge on any atom is -0.457 e. The van der Waals surface area contributed by atoms with Gasteiger partial charge in [-0.1, -0.05) is 36.9 Å². The van der Waals surface area contributed by atoms with E-state index in [9.17, 15) is 9.59 Å². The third kappa shape index (κ3) is 5.35. The molecule has 0 bridgehead atoms. The van der Waals surface area contributed by atoms with E-state index in [-0.39, 0.29) is 12.2 Å². The van der Waals surface area contributed by atoms with Crippen LogP contribution in [-0.2, 0) is 20.9 Å². The maximum absolute atomic E-state index is 11.6. The lowest BCUT2D eigenvalue weighted by Gasteiger charge is -2.20. The van der Waals surface area contributed by atoms with E-state index >= 15 is 0 Å². The van der Waals surface area contributed by atoms with Crippen LogP contribution < -0.4 is 11.1 Å². The van der Waals surface area contributed by atoms with E-state index in [1.54, 1.807) is 13.8 Å². The number of hydrogen-bond donors (Lipinski definition) is 2. The zero-order valence-electron chi connectivity index (χ0n) is 11.1. The number of esters is 1. The average molecular weight is 262 g/mol. The number of carbonyl (C=O) groups is 2. The predicted molar refractivity (Wildman–Crippen MR) is 71.8 cm³/mol. The van der Waals surface area contributed by atoms with Gasteiger partial charge in [0.2, 0.25) is 0 Å². The van der Waals surface area contributed by atoms with Crippen molar-refractivity contribution in [2.45, 2.75) is 26.1 Å². The third-order valence-corrected chi connectivity index (χ3v) is 2.17. The molecule has 0 aliphatic rings. The highest BCUT2D eigenvalue weighted by Crippen LogP contribution is 2.04. The molecule has 0 aliphatic carbocycles. The number of amides is 1. The predicted octanol–water partition coefficient (Wildman–Crippen LogP) is 1.10. The van der Waals surface area contributed by atoms with Gasteiger partial charge in [-0.2, -0.15) is 0 Å². The summed E-state index contributed by atoms with van der Waals surface area (Å²) in [6.07, 6.45) is 0. The Morgan fingerprint density at radius 2 is 1.89 bits per heavy atom. The highest BCUT2D eigenvalue weighted by molar-refractivity contribution is 6.15. The van der Waals surface area contributed by atoms with E-state index in [0.29, 0.717) is 0 Å². The van der Waals surface area contributed by atoms with Crippen molar-refractivity contribution < 1.29 is 14.3 Å². The van der Waals surface area contributed by atoms with Crippen LogP contribution in [0.25, 0.3) is 0 Å². The Morgan fingerprint density at radius 1 is 1.32 bits per heavy atom. The quantitative estimate of drug-likeness (QED) is 0.274. The molecule has 5 nitrogen and oxygen atoms in total. The highest BCUT2D eigenvalue weighted by atomic mass is 16.5. The van der Waals surface area contributed by atoms with E-state index in [4.69, 9.17) is 10.5 Å². The number of nitrogens with two attached hydrogens (primary N) is 1. The first kappa shape index (κ1) is 14.9. The van der Waals surface area contributed by atoms with Gasteiger partial charge in [-0.05, 0) is 19.4 Å². The van der Waals surface area contributed by atoms with Crippen LogP contribution in [0.1, 0.15) is 19.4 Å². The Kier molecular flexibility index (Phi) is 4.83. The summed E-state index contributed by atoms with van der Waals surface area (Å²) in [5.41, 5.74) is 5.26. The molecule has 0 saturated heterocycles. The van der Waals surface area contributed by atoms with Crippen LogP contribution in [0.15, 0.2) is 42.5 Å². The first-order valence-electron chi connectivity index (χ1n) is 5.81. The van der Waals surface area contributed by atoms with Gasteiger partial charge in [-0.25, -0.2) is 4.79 Å². The molecule has 0 atom stereocenters. The zero-order chi connectivity index (χ0) is 14.5. The normalized spacial score (nSPS) is 10.7. The first-order valence-corrected chi connectivity index (χ1v) is 5.81. The van der Waals surface area contributed by atoms with Gasteiger partial charge < -0.3 is 15.8 Å². The summed E-state index contributed by atoms with van der Waals surface area (Å²) in [6.45, 7) is 6.71. The molecule has 1 aromatic carbocycles. The Hall–Kier alpha value is -2.14. The Labute approximate surface area is 112 Å². The summed E-state index contributed by atoms with van der Waals surface area (Å²) in [4.78, 5) is 23.2. The number of rotatable bonds is 5. The molecule has 0 heterocycles. The van der Waals surface area contributed by atoms with Crippen molar-refractivity contribution in [2.75, 3.05) is 0 Å². The minimum absolute atomic E-state index is 0.0952. The number of ether oxygens (including phenoxy) is 1. The van der Waals surface area contributed by atoms with Gasteiger partial charge in [0, 0.05) is 0 Å². The molecule has 0 spiro atoms. The third-order valence-electron chi connectivity index (χ3n) is 2.17. The summed E-state index contributed by atoms with van der Waals surface area (Å²) in [7, 11) is 0. The van der Waals surface area contributed by atoms with Crippen LogP contribution in [0, 0.1) is 0 Å². The molecule has 0 saturated carbocycles. The molecule has 3 N–H and O–H groups in total. The van der Waals surface area contributed by atoms with Crippen LogP contribution in [0.4, 0.5) is 0 Å². The highest BCUT2D eigenvalue weighted by Gasteiger charge is 2.22. The SMILES string of the molecule is C=C(C(=O)NC(C)(C)N)C(=O)OCc1ccccc1. The fourth-order valence-corrected chi connectivity index (χ4v) is 1.27. The summed E-state index contributed by atoms with van der Waals surface area (Å²) < 4.78 is 4.99. The number of hydrogen-bond acceptors (Lipinski definition) is 4. The van der Waals surface area contributed by atoms with Crippen LogP contribution >= 0.6 is 0 Å². The van der Waals surface area contributed by atoms with Crippen molar-refractivity contribution in [3.8, 4) is 0 Å². The fraction of sp³-hybridized carbons (Fsp3) is 0.286. The van der Waals surface area contributed by atoms with E-state index < -0.39 is 17.5 Å². The van der Waals surface area contributed by atoms with E-state index in [1.165, 1.54) is 0 Å².